The van der Waals surface area contributed by atoms with Crippen LogP contribution in [0.3, 0.4) is 0 Å². The van der Waals surface area contributed by atoms with Crippen molar-refractivity contribution in [2.75, 3.05) is 23.4 Å². The Morgan fingerprint density at radius 1 is 0.781 bits per heavy atom. The van der Waals surface area contributed by atoms with Crippen LogP contribution in [0.1, 0.15) is 16.7 Å². The molecule has 2 amide bonds. The van der Waals surface area contributed by atoms with E-state index in [2.05, 4.69) is 5.32 Å². The van der Waals surface area contributed by atoms with Gasteiger partial charge >= 0.3 is 0 Å². The lowest BCUT2D eigenvalue weighted by Crippen LogP contribution is -2.32. The normalized spacial score (nSPS) is 15.4. The van der Waals surface area contributed by atoms with Gasteiger partial charge in [0.2, 0.25) is 0 Å². The molecule has 0 spiro atoms. The van der Waals surface area contributed by atoms with Gasteiger partial charge in [-0.25, -0.2) is 4.90 Å². The number of carbonyl (C=O) groups is 2. The maximum atomic E-state index is 13.5. The predicted octanol–water partition coefficient (Wildman–Crippen LogP) is 4.47. The van der Waals surface area contributed by atoms with Gasteiger partial charge in [0.1, 0.15) is 18.9 Å². The molecule has 2 aliphatic rings. The van der Waals surface area contributed by atoms with E-state index in [1.807, 2.05) is 44.2 Å². The van der Waals surface area contributed by atoms with E-state index in [0.717, 1.165) is 11.1 Å². The van der Waals surface area contributed by atoms with Gasteiger partial charge in [0.05, 0.1) is 11.3 Å². The lowest BCUT2D eigenvalue weighted by molar-refractivity contribution is -0.120. The van der Waals surface area contributed by atoms with Crippen LogP contribution in [0.4, 0.5) is 11.4 Å². The summed E-state index contributed by atoms with van der Waals surface area (Å²) in [6, 6.07) is 20.1. The van der Waals surface area contributed by atoms with Crippen LogP contribution in [0.25, 0.3) is 5.57 Å². The molecule has 6 heteroatoms. The molecule has 0 saturated carbocycles. The molecule has 3 aromatic carbocycles. The Morgan fingerprint density at radius 2 is 1.53 bits per heavy atom. The molecule has 0 unspecified atom stereocenters. The Kier molecular flexibility index (Phi) is 4.90. The number of aryl methyl sites for hydroxylation is 2. The predicted molar refractivity (Wildman–Crippen MR) is 123 cm³/mol. The molecule has 0 atom stereocenters. The van der Waals surface area contributed by atoms with Crippen LogP contribution < -0.4 is 19.7 Å². The standard InChI is InChI=1S/C26H22N2O4/c1-16-8-9-18(14-17(16)2)23-24(26(30)28(25(23)29)20-6-4-3-5-7-20)27-19-10-11-21-22(15-19)32-13-12-31-21/h3-11,14-15,27H,12-13H2,1-2H3. The molecule has 2 heterocycles. The number of nitrogens with one attached hydrogen (secondary N) is 1. The number of hydrogen-bond acceptors (Lipinski definition) is 5. The van der Waals surface area contributed by atoms with Crippen LogP contribution in [0.5, 0.6) is 11.5 Å². The number of imide groups is 1. The smallest absolute Gasteiger partial charge is 0.282 e. The quantitative estimate of drug-likeness (QED) is 0.624. The van der Waals surface area contributed by atoms with Gasteiger partial charge < -0.3 is 14.8 Å². The molecule has 1 N–H and O–H groups in total. The highest BCUT2D eigenvalue weighted by Gasteiger charge is 2.40. The van der Waals surface area contributed by atoms with Gasteiger partial charge in [0.25, 0.3) is 11.8 Å². The molecular weight excluding hydrogens is 404 g/mol. The molecule has 0 radical (unpaired) electrons. The average Bonchev–Trinajstić information content (AvgIpc) is 3.05. The lowest BCUT2D eigenvalue weighted by Gasteiger charge is -2.19. The third-order valence-electron chi connectivity index (χ3n) is 5.71. The molecule has 0 bridgehead atoms. The number of ether oxygens (including phenoxy) is 2. The van der Waals surface area contributed by atoms with Crippen molar-refractivity contribution in [3.8, 4) is 11.5 Å². The van der Waals surface area contributed by atoms with E-state index in [1.54, 1.807) is 36.4 Å². The molecule has 5 rings (SSSR count). The summed E-state index contributed by atoms with van der Waals surface area (Å²) in [5.41, 5.74) is 4.62. The Balaban J connectivity index is 1.60. The Labute approximate surface area is 186 Å². The first-order valence-corrected chi connectivity index (χ1v) is 10.5. The monoisotopic (exact) mass is 426 g/mol. The third kappa shape index (κ3) is 3.39. The topological polar surface area (TPSA) is 67.9 Å². The minimum Gasteiger partial charge on any atom is -0.486 e. The van der Waals surface area contributed by atoms with Crippen molar-refractivity contribution >= 4 is 28.8 Å². The molecule has 3 aromatic rings. The van der Waals surface area contributed by atoms with E-state index in [1.165, 1.54) is 4.90 Å². The molecule has 6 nitrogen and oxygen atoms in total. The molecule has 2 aliphatic heterocycles. The maximum absolute atomic E-state index is 13.5. The fourth-order valence-electron chi connectivity index (χ4n) is 3.89. The highest BCUT2D eigenvalue weighted by molar-refractivity contribution is 6.46. The number of amides is 2. The highest BCUT2D eigenvalue weighted by Crippen LogP contribution is 2.37. The molecule has 0 aromatic heterocycles. The van der Waals surface area contributed by atoms with E-state index < -0.39 is 5.91 Å². The minimum atomic E-state index is -0.399. The van der Waals surface area contributed by atoms with Crippen molar-refractivity contribution < 1.29 is 19.1 Å². The van der Waals surface area contributed by atoms with E-state index in [0.29, 0.717) is 47.2 Å². The van der Waals surface area contributed by atoms with Crippen LogP contribution in [0.2, 0.25) is 0 Å². The van der Waals surface area contributed by atoms with Crippen molar-refractivity contribution in [2.45, 2.75) is 13.8 Å². The third-order valence-corrected chi connectivity index (χ3v) is 5.71. The summed E-state index contributed by atoms with van der Waals surface area (Å²) in [5.74, 6) is 0.505. The second-order valence-corrected chi connectivity index (χ2v) is 7.81. The second-order valence-electron chi connectivity index (χ2n) is 7.81. The van der Waals surface area contributed by atoms with Crippen LogP contribution in [-0.4, -0.2) is 25.0 Å². The van der Waals surface area contributed by atoms with Gasteiger partial charge in [-0.3, -0.25) is 9.59 Å². The maximum Gasteiger partial charge on any atom is 0.282 e. The molecular formula is C26H22N2O4. The summed E-state index contributed by atoms with van der Waals surface area (Å²) < 4.78 is 11.2. The summed E-state index contributed by atoms with van der Waals surface area (Å²) >= 11 is 0. The zero-order chi connectivity index (χ0) is 22.2. The Bertz CT molecular complexity index is 1260. The molecule has 0 fully saturated rings. The van der Waals surface area contributed by atoms with E-state index in [9.17, 15) is 9.59 Å². The number of nitrogens with zero attached hydrogens (tertiary/aromatic N) is 1. The summed E-state index contributed by atoms with van der Waals surface area (Å²) in [4.78, 5) is 28.2. The minimum absolute atomic E-state index is 0.235. The Morgan fingerprint density at radius 3 is 2.28 bits per heavy atom. The van der Waals surface area contributed by atoms with Crippen molar-refractivity contribution in [3.05, 3.63) is 89.1 Å². The molecule has 0 aliphatic carbocycles. The van der Waals surface area contributed by atoms with E-state index in [4.69, 9.17) is 9.47 Å². The lowest BCUT2D eigenvalue weighted by atomic mass is 9.99. The van der Waals surface area contributed by atoms with Gasteiger partial charge in [0, 0.05) is 11.8 Å². The molecule has 32 heavy (non-hydrogen) atoms. The van der Waals surface area contributed by atoms with Gasteiger partial charge in [-0.05, 0) is 54.8 Å². The van der Waals surface area contributed by atoms with Crippen molar-refractivity contribution in [2.24, 2.45) is 0 Å². The van der Waals surface area contributed by atoms with E-state index in [-0.39, 0.29) is 11.6 Å². The van der Waals surface area contributed by atoms with Crippen LogP contribution in [0.15, 0.2) is 72.4 Å². The molecule has 160 valence electrons. The number of carbonyl (C=O) groups excluding carboxylic acids is 2. The van der Waals surface area contributed by atoms with Crippen LogP contribution in [0, 0.1) is 13.8 Å². The average molecular weight is 426 g/mol. The SMILES string of the molecule is Cc1ccc(C2=C(Nc3ccc4c(c3)OCCO4)C(=O)N(c3ccccc3)C2=O)cc1C. The van der Waals surface area contributed by atoms with Gasteiger partial charge in [-0.2, -0.15) is 0 Å². The van der Waals surface area contributed by atoms with Gasteiger partial charge in [-0.1, -0.05) is 36.4 Å². The number of para-hydroxylation sites is 1. The molecule has 0 saturated heterocycles. The van der Waals surface area contributed by atoms with Crippen molar-refractivity contribution in [1.29, 1.82) is 0 Å². The first-order chi connectivity index (χ1) is 15.5. The summed E-state index contributed by atoms with van der Waals surface area (Å²) in [7, 11) is 0. The fourth-order valence-corrected chi connectivity index (χ4v) is 3.89. The number of rotatable bonds is 4. The van der Waals surface area contributed by atoms with Crippen molar-refractivity contribution in [1.82, 2.24) is 0 Å². The highest BCUT2D eigenvalue weighted by atomic mass is 16.6. The first kappa shape index (κ1) is 19.9. The summed E-state index contributed by atoms with van der Waals surface area (Å²) in [5, 5.41) is 3.19. The summed E-state index contributed by atoms with van der Waals surface area (Å²) in [6.45, 7) is 4.97. The van der Waals surface area contributed by atoms with Crippen LogP contribution >= 0.6 is 0 Å². The number of fused-ring (bicyclic) bond motifs is 1. The fraction of sp³-hybridized carbons (Fsp3) is 0.154. The zero-order valence-corrected chi connectivity index (χ0v) is 17.8. The number of hydrogen-bond donors (Lipinski definition) is 1. The largest absolute Gasteiger partial charge is 0.486 e. The van der Waals surface area contributed by atoms with Gasteiger partial charge in [0.15, 0.2) is 11.5 Å². The Hall–Kier alpha value is -4.06. The summed E-state index contributed by atoms with van der Waals surface area (Å²) in [6.07, 6.45) is 0. The van der Waals surface area contributed by atoms with Gasteiger partial charge in [-0.15, -0.1) is 0 Å². The van der Waals surface area contributed by atoms with E-state index >= 15 is 0 Å². The number of benzene rings is 3. The zero-order valence-electron chi connectivity index (χ0n) is 17.8. The van der Waals surface area contributed by atoms with Crippen molar-refractivity contribution in [3.63, 3.8) is 0 Å². The van der Waals surface area contributed by atoms with Crippen LogP contribution in [-0.2, 0) is 9.59 Å². The number of anilines is 2. The first-order valence-electron chi connectivity index (χ1n) is 10.5. The second kappa shape index (κ2) is 7.89.